The Balaban J connectivity index is 3.12. The monoisotopic (exact) mass is 184 g/mol. The fourth-order valence-electron chi connectivity index (χ4n) is 1.01. The summed E-state index contributed by atoms with van der Waals surface area (Å²) in [5.74, 6) is -1.65. The van der Waals surface area contributed by atoms with Crippen LogP contribution in [-0.4, -0.2) is 11.1 Å². The van der Waals surface area contributed by atoms with Crippen molar-refractivity contribution in [3.8, 4) is 0 Å². The van der Waals surface area contributed by atoms with Crippen molar-refractivity contribution >= 4 is 17.3 Å². The largest absolute Gasteiger partial charge is 0.481 e. The van der Waals surface area contributed by atoms with Gasteiger partial charge < -0.3 is 16.6 Å². The minimum atomic E-state index is -1.07. The fourth-order valence-corrected chi connectivity index (χ4v) is 1.01. The van der Waals surface area contributed by atoms with Crippen molar-refractivity contribution in [3.63, 3.8) is 0 Å². The molecule has 0 atom stereocenters. The van der Waals surface area contributed by atoms with Crippen LogP contribution in [0, 0.1) is 5.82 Å². The third-order valence-electron chi connectivity index (χ3n) is 1.60. The highest BCUT2D eigenvalue weighted by molar-refractivity contribution is 5.77. The highest BCUT2D eigenvalue weighted by Gasteiger charge is 2.08. The van der Waals surface area contributed by atoms with E-state index in [1.807, 2.05) is 0 Å². The summed E-state index contributed by atoms with van der Waals surface area (Å²) in [5.41, 5.74) is 11.2. The fraction of sp³-hybridized carbons (Fsp3) is 0.125. The van der Waals surface area contributed by atoms with Crippen molar-refractivity contribution in [2.24, 2.45) is 0 Å². The van der Waals surface area contributed by atoms with Gasteiger partial charge in [0, 0.05) is 0 Å². The van der Waals surface area contributed by atoms with Gasteiger partial charge >= 0.3 is 5.97 Å². The first-order chi connectivity index (χ1) is 6.00. The molecule has 1 rings (SSSR count). The number of halogens is 1. The van der Waals surface area contributed by atoms with Crippen molar-refractivity contribution in [3.05, 3.63) is 23.5 Å². The Hall–Kier alpha value is -1.78. The zero-order valence-electron chi connectivity index (χ0n) is 6.75. The number of carboxylic acids is 1. The SMILES string of the molecule is Nc1cc(F)cc(CC(=O)O)c1N. The third kappa shape index (κ3) is 2.08. The first-order valence-electron chi connectivity index (χ1n) is 3.56. The average molecular weight is 184 g/mol. The second-order valence-electron chi connectivity index (χ2n) is 2.64. The number of benzene rings is 1. The summed E-state index contributed by atoms with van der Waals surface area (Å²) in [4.78, 5) is 10.3. The number of carbonyl (C=O) groups is 1. The molecule has 0 spiro atoms. The van der Waals surface area contributed by atoms with Crippen LogP contribution in [0.3, 0.4) is 0 Å². The van der Waals surface area contributed by atoms with E-state index in [4.69, 9.17) is 16.6 Å². The van der Waals surface area contributed by atoms with Crippen molar-refractivity contribution in [2.45, 2.75) is 6.42 Å². The van der Waals surface area contributed by atoms with Crippen molar-refractivity contribution < 1.29 is 14.3 Å². The van der Waals surface area contributed by atoms with E-state index < -0.39 is 11.8 Å². The van der Waals surface area contributed by atoms with Gasteiger partial charge in [0.1, 0.15) is 5.82 Å². The Kier molecular flexibility index (Phi) is 2.36. The van der Waals surface area contributed by atoms with Crippen LogP contribution in [0.4, 0.5) is 15.8 Å². The second kappa shape index (κ2) is 3.30. The van der Waals surface area contributed by atoms with Gasteiger partial charge in [-0.25, -0.2) is 4.39 Å². The van der Waals surface area contributed by atoms with Gasteiger partial charge in [0.25, 0.3) is 0 Å². The van der Waals surface area contributed by atoms with Crippen LogP contribution >= 0.6 is 0 Å². The van der Waals surface area contributed by atoms with Crippen LogP contribution in [0.1, 0.15) is 5.56 Å². The molecule has 0 saturated carbocycles. The molecule has 0 aromatic heterocycles. The second-order valence-corrected chi connectivity index (χ2v) is 2.64. The Labute approximate surface area is 74.0 Å². The lowest BCUT2D eigenvalue weighted by Gasteiger charge is -2.05. The van der Waals surface area contributed by atoms with Crippen LogP contribution in [0.25, 0.3) is 0 Å². The summed E-state index contributed by atoms with van der Waals surface area (Å²) in [6.45, 7) is 0. The van der Waals surface area contributed by atoms with Crippen molar-refractivity contribution in [2.75, 3.05) is 11.5 Å². The van der Waals surface area contributed by atoms with E-state index in [1.54, 1.807) is 0 Å². The maximum atomic E-state index is 12.7. The van der Waals surface area contributed by atoms with E-state index >= 15 is 0 Å². The number of hydrogen-bond acceptors (Lipinski definition) is 3. The summed E-state index contributed by atoms with van der Waals surface area (Å²) in [7, 11) is 0. The van der Waals surface area contributed by atoms with E-state index in [0.717, 1.165) is 12.1 Å². The molecule has 0 bridgehead atoms. The van der Waals surface area contributed by atoms with Gasteiger partial charge in [0.05, 0.1) is 17.8 Å². The topological polar surface area (TPSA) is 89.3 Å². The lowest BCUT2D eigenvalue weighted by atomic mass is 10.1. The van der Waals surface area contributed by atoms with Crippen LogP contribution in [0.5, 0.6) is 0 Å². The summed E-state index contributed by atoms with van der Waals surface area (Å²) in [6.07, 6.45) is -0.326. The predicted molar refractivity (Wildman–Crippen MR) is 46.6 cm³/mol. The molecule has 4 nitrogen and oxygen atoms in total. The number of hydrogen-bond donors (Lipinski definition) is 3. The number of carboxylic acid groups (broad SMARTS) is 1. The number of rotatable bonds is 2. The summed E-state index contributed by atoms with van der Waals surface area (Å²) in [6, 6.07) is 2.13. The molecular weight excluding hydrogens is 175 g/mol. The molecule has 0 amide bonds. The number of anilines is 2. The molecule has 0 aliphatic carbocycles. The molecule has 0 radical (unpaired) electrons. The minimum Gasteiger partial charge on any atom is -0.481 e. The molecule has 1 aromatic rings. The van der Waals surface area contributed by atoms with Gasteiger partial charge in [-0.2, -0.15) is 0 Å². The quantitative estimate of drug-likeness (QED) is 0.587. The molecule has 0 aliphatic heterocycles. The summed E-state index contributed by atoms with van der Waals surface area (Å²) < 4.78 is 12.7. The van der Waals surface area contributed by atoms with Gasteiger partial charge in [-0.05, 0) is 17.7 Å². The number of nitrogens with two attached hydrogens (primary N) is 2. The molecule has 70 valence electrons. The van der Waals surface area contributed by atoms with E-state index in [-0.39, 0.29) is 23.4 Å². The Morgan fingerprint density at radius 1 is 1.46 bits per heavy atom. The zero-order chi connectivity index (χ0) is 10.0. The van der Waals surface area contributed by atoms with E-state index in [1.165, 1.54) is 0 Å². The van der Waals surface area contributed by atoms with Crippen LogP contribution in [0.2, 0.25) is 0 Å². The predicted octanol–water partition coefficient (Wildman–Crippen LogP) is 0.617. The lowest BCUT2D eigenvalue weighted by Crippen LogP contribution is -2.06. The minimum absolute atomic E-state index is 0.0660. The normalized spacial score (nSPS) is 9.92. The van der Waals surface area contributed by atoms with Crippen LogP contribution in [0.15, 0.2) is 12.1 Å². The Bertz CT molecular complexity index is 352. The molecular formula is C8H9FN2O2. The van der Waals surface area contributed by atoms with E-state index in [0.29, 0.717) is 0 Å². The van der Waals surface area contributed by atoms with Crippen molar-refractivity contribution in [1.29, 1.82) is 0 Å². The van der Waals surface area contributed by atoms with Gasteiger partial charge in [0.15, 0.2) is 0 Å². The molecule has 0 fully saturated rings. The molecule has 5 N–H and O–H groups in total. The van der Waals surface area contributed by atoms with Crippen LogP contribution < -0.4 is 11.5 Å². The maximum absolute atomic E-state index is 12.7. The standard InChI is InChI=1S/C8H9FN2O2/c9-5-1-4(2-7(12)13)8(11)6(10)3-5/h1,3H,2,10-11H2,(H,12,13). The van der Waals surface area contributed by atoms with Crippen molar-refractivity contribution in [1.82, 2.24) is 0 Å². The lowest BCUT2D eigenvalue weighted by molar-refractivity contribution is -0.136. The Morgan fingerprint density at radius 3 is 2.62 bits per heavy atom. The smallest absolute Gasteiger partial charge is 0.307 e. The van der Waals surface area contributed by atoms with Gasteiger partial charge in [-0.3, -0.25) is 4.79 Å². The molecule has 0 heterocycles. The third-order valence-corrected chi connectivity index (χ3v) is 1.60. The summed E-state index contributed by atoms with van der Waals surface area (Å²) >= 11 is 0. The van der Waals surface area contributed by atoms with Gasteiger partial charge in [-0.15, -0.1) is 0 Å². The molecule has 1 aromatic carbocycles. The van der Waals surface area contributed by atoms with Gasteiger partial charge in [-0.1, -0.05) is 0 Å². The van der Waals surface area contributed by atoms with E-state index in [2.05, 4.69) is 0 Å². The molecule has 0 unspecified atom stereocenters. The highest BCUT2D eigenvalue weighted by atomic mass is 19.1. The molecule has 5 heteroatoms. The molecule has 13 heavy (non-hydrogen) atoms. The Morgan fingerprint density at radius 2 is 2.08 bits per heavy atom. The number of nitrogen functional groups attached to an aromatic ring is 2. The number of aliphatic carboxylic acids is 1. The van der Waals surface area contributed by atoms with E-state index in [9.17, 15) is 9.18 Å². The summed E-state index contributed by atoms with van der Waals surface area (Å²) in [5, 5.41) is 8.45. The zero-order valence-corrected chi connectivity index (χ0v) is 6.75. The van der Waals surface area contributed by atoms with Gasteiger partial charge in [0.2, 0.25) is 0 Å². The first-order valence-corrected chi connectivity index (χ1v) is 3.56. The first kappa shape index (κ1) is 9.31. The van der Waals surface area contributed by atoms with Crippen LogP contribution in [-0.2, 0) is 11.2 Å². The average Bonchev–Trinajstić information content (AvgIpc) is 1.98. The molecule has 0 aliphatic rings. The maximum Gasteiger partial charge on any atom is 0.307 e. The highest BCUT2D eigenvalue weighted by Crippen LogP contribution is 2.21. The molecule has 0 saturated heterocycles.